The Kier molecular flexibility index (Phi) is 16.0. The number of aliphatic carboxylic acids is 1. The summed E-state index contributed by atoms with van der Waals surface area (Å²) in [7, 11) is 0. The van der Waals surface area contributed by atoms with Gasteiger partial charge in [-0.1, -0.05) is 70.4 Å². The summed E-state index contributed by atoms with van der Waals surface area (Å²) in [5.41, 5.74) is 0. The van der Waals surface area contributed by atoms with Gasteiger partial charge in [-0.2, -0.15) is 0 Å². The van der Waals surface area contributed by atoms with Gasteiger partial charge in [0.25, 0.3) is 0 Å². The molecule has 0 aliphatic heterocycles. The number of carbonyl (C=O) groups excluding carboxylic acids is 2. The first kappa shape index (κ1) is 23.4. The van der Waals surface area contributed by atoms with Gasteiger partial charge in [0.2, 0.25) is 0 Å². The van der Waals surface area contributed by atoms with Crippen molar-refractivity contribution in [3.05, 3.63) is 12.2 Å². The lowest BCUT2D eigenvalue weighted by Gasteiger charge is -2.01. The van der Waals surface area contributed by atoms with Gasteiger partial charge in [-0.3, -0.25) is 4.79 Å². The molecule has 0 saturated heterocycles. The number of carboxylic acids is 1. The van der Waals surface area contributed by atoms with E-state index < -0.39 is 17.9 Å². The summed E-state index contributed by atoms with van der Waals surface area (Å²) in [5, 5.41) is 8.30. The first-order chi connectivity index (χ1) is 12.1. The fourth-order valence-corrected chi connectivity index (χ4v) is 2.54. The maximum atomic E-state index is 11.2. The van der Waals surface area contributed by atoms with Crippen molar-refractivity contribution in [2.45, 2.75) is 96.8 Å². The zero-order chi connectivity index (χ0) is 18.8. The predicted octanol–water partition coefficient (Wildman–Crippen LogP) is 5.18. The highest BCUT2D eigenvalue weighted by Crippen LogP contribution is 2.10. The van der Waals surface area contributed by atoms with Crippen molar-refractivity contribution in [1.29, 1.82) is 0 Å². The molecular weight excluding hydrogens is 320 g/mol. The van der Waals surface area contributed by atoms with Crippen LogP contribution in [0.15, 0.2) is 12.2 Å². The standard InChI is InChI=1S/C20H34O5/c1-2-3-4-5-6-7-8-9-10-11-12-13-14-15-16-17-18(21)25-20(24)19(22)23/h9-10H,2-8,11-17H2,1H3,(H,22,23)/b10-9-. The smallest absolute Gasteiger partial charge is 0.424 e. The average molecular weight is 354 g/mol. The second-order valence-corrected chi connectivity index (χ2v) is 6.40. The molecule has 0 fully saturated rings. The summed E-state index contributed by atoms with van der Waals surface area (Å²) < 4.78 is 4.14. The molecular formula is C20H34O5. The zero-order valence-electron chi connectivity index (χ0n) is 15.6. The Labute approximate surface area is 151 Å². The number of esters is 2. The maximum Gasteiger partial charge on any atom is 0.424 e. The highest BCUT2D eigenvalue weighted by molar-refractivity contribution is 6.30. The third kappa shape index (κ3) is 17.0. The summed E-state index contributed by atoms with van der Waals surface area (Å²) in [6.45, 7) is 2.24. The summed E-state index contributed by atoms with van der Waals surface area (Å²) in [5.74, 6) is -4.00. The molecule has 5 nitrogen and oxygen atoms in total. The van der Waals surface area contributed by atoms with Gasteiger partial charge in [-0.05, 0) is 32.1 Å². The van der Waals surface area contributed by atoms with Crippen LogP contribution in [0.2, 0.25) is 0 Å². The third-order valence-electron chi connectivity index (χ3n) is 4.02. The highest BCUT2D eigenvalue weighted by Gasteiger charge is 2.17. The highest BCUT2D eigenvalue weighted by atomic mass is 16.6. The van der Waals surface area contributed by atoms with E-state index in [9.17, 15) is 14.4 Å². The van der Waals surface area contributed by atoms with E-state index in [1.54, 1.807) is 0 Å². The Bertz CT molecular complexity index is 401. The number of unbranched alkanes of at least 4 members (excludes halogenated alkanes) is 11. The lowest BCUT2D eigenvalue weighted by molar-refractivity contribution is -0.170. The molecule has 0 bridgehead atoms. The van der Waals surface area contributed by atoms with Crippen LogP contribution in [0.5, 0.6) is 0 Å². The fraction of sp³-hybridized carbons (Fsp3) is 0.750. The molecule has 0 rings (SSSR count). The van der Waals surface area contributed by atoms with Gasteiger partial charge in [-0.15, -0.1) is 0 Å². The Morgan fingerprint density at radius 2 is 1.24 bits per heavy atom. The lowest BCUT2D eigenvalue weighted by atomic mass is 10.1. The molecule has 0 aliphatic carbocycles. The number of carboxylic acid groups (broad SMARTS) is 1. The molecule has 0 aromatic heterocycles. The number of rotatable bonds is 15. The predicted molar refractivity (Wildman–Crippen MR) is 98.2 cm³/mol. The molecule has 0 atom stereocenters. The van der Waals surface area contributed by atoms with Crippen LogP contribution < -0.4 is 0 Å². The second-order valence-electron chi connectivity index (χ2n) is 6.40. The van der Waals surface area contributed by atoms with Crippen molar-refractivity contribution in [3.63, 3.8) is 0 Å². The first-order valence-electron chi connectivity index (χ1n) is 9.70. The topological polar surface area (TPSA) is 80.7 Å². The van der Waals surface area contributed by atoms with E-state index in [1.165, 1.54) is 44.9 Å². The van der Waals surface area contributed by atoms with Crippen LogP contribution in [0.25, 0.3) is 0 Å². The summed E-state index contributed by atoms with van der Waals surface area (Å²) >= 11 is 0. The maximum absolute atomic E-state index is 11.2. The molecule has 0 unspecified atom stereocenters. The van der Waals surface area contributed by atoms with Crippen LogP contribution in [0.3, 0.4) is 0 Å². The van der Waals surface area contributed by atoms with E-state index in [-0.39, 0.29) is 6.42 Å². The van der Waals surface area contributed by atoms with Gasteiger partial charge >= 0.3 is 17.9 Å². The van der Waals surface area contributed by atoms with Crippen LogP contribution in [0.1, 0.15) is 96.8 Å². The molecule has 0 amide bonds. The molecule has 0 aliphatic rings. The van der Waals surface area contributed by atoms with Crippen LogP contribution in [-0.2, 0) is 19.1 Å². The Morgan fingerprint density at radius 3 is 1.76 bits per heavy atom. The molecule has 25 heavy (non-hydrogen) atoms. The molecule has 1 N–H and O–H groups in total. The first-order valence-corrected chi connectivity index (χ1v) is 9.70. The quantitative estimate of drug-likeness (QED) is 0.144. The molecule has 0 aromatic carbocycles. The normalized spacial score (nSPS) is 10.9. The van der Waals surface area contributed by atoms with Gasteiger partial charge in [0.05, 0.1) is 0 Å². The van der Waals surface area contributed by atoms with Crippen LogP contribution >= 0.6 is 0 Å². The van der Waals surface area contributed by atoms with Gasteiger partial charge in [0.15, 0.2) is 0 Å². The number of hydrogen-bond donors (Lipinski definition) is 1. The van der Waals surface area contributed by atoms with E-state index in [4.69, 9.17) is 5.11 Å². The van der Waals surface area contributed by atoms with E-state index >= 15 is 0 Å². The Hall–Kier alpha value is -1.65. The minimum atomic E-state index is -1.74. The van der Waals surface area contributed by atoms with Gasteiger partial charge in [0.1, 0.15) is 0 Å². The van der Waals surface area contributed by atoms with Crippen LogP contribution in [0.4, 0.5) is 0 Å². The number of ether oxygens (including phenoxy) is 1. The summed E-state index contributed by atoms with van der Waals surface area (Å²) in [6, 6.07) is 0. The molecule has 0 heterocycles. The molecule has 5 heteroatoms. The molecule has 144 valence electrons. The van der Waals surface area contributed by atoms with Crippen molar-refractivity contribution in [2.75, 3.05) is 0 Å². The summed E-state index contributed by atoms with van der Waals surface area (Å²) in [6.07, 6.45) is 19.8. The van der Waals surface area contributed by atoms with E-state index in [0.717, 1.165) is 32.1 Å². The molecule has 0 aromatic rings. The lowest BCUT2D eigenvalue weighted by Crippen LogP contribution is -2.20. The van der Waals surface area contributed by atoms with E-state index in [2.05, 4.69) is 23.8 Å². The van der Waals surface area contributed by atoms with Crippen LogP contribution in [0, 0.1) is 0 Å². The summed E-state index contributed by atoms with van der Waals surface area (Å²) in [4.78, 5) is 32.1. The average Bonchev–Trinajstić information content (AvgIpc) is 2.58. The van der Waals surface area contributed by atoms with Crippen molar-refractivity contribution in [2.24, 2.45) is 0 Å². The van der Waals surface area contributed by atoms with E-state index in [0.29, 0.717) is 6.42 Å². The Balaban J connectivity index is 3.30. The van der Waals surface area contributed by atoms with Gasteiger partial charge in [-0.25, -0.2) is 9.59 Å². The monoisotopic (exact) mass is 354 g/mol. The van der Waals surface area contributed by atoms with Gasteiger partial charge in [0, 0.05) is 6.42 Å². The number of carbonyl (C=O) groups is 3. The molecule has 0 radical (unpaired) electrons. The molecule has 0 saturated carbocycles. The Morgan fingerprint density at radius 1 is 0.760 bits per heavy atom. The number of hydrogen-bond acceptors (Lipinski definition) is 4. The van der Waals surface area contributed by atoms with Gasteiger partial charge < -0.3 is 9.84 Å². The van der Waals surface area contributed by atoms with Crippen molar-refractivity contribution < 1.29 is 24.2 Å². The fourth-order valence-electron chi connectivity index (χ4n) is 2.54. The van der Waals surface area contributed by atoms with E-state index in [1.807, 2.05) is 0 Å². The van der Waals surface area contributed by atoms with Crippen molar-refractivity contribution in [3.8, 4) is 0 Å². The SMILES string of the molecule is CCCCCCCC/C=C\CCCCCCCC(=O)OC(=O)C(=O)O. The third-order valence-corrected chi connectivity index (χ3v) is 4.02. The largest absolute Gasteiger partial charge is 0.473 e. The minimum Gasteiger partial charge on any atom is -0.473 e. The van der Waals surface area contributed by atoms with Crippen molar-refractivity contribution in [1.82, 2.24) is 0 Å². The zero-order valence-corrected chi connectivity index (χ0v) is 15.6. The number of allylic oxidation sites excluding steroid dienone is 2. The molecule has 0 spiro atoms. The van der Waals surface area contributed by atoms with Crippen LogP contribution in [-0.4, -0.2) is 23.0 Å². The minimum absolute atomic E-state index is 0.0944. The van der Waals surface area contributed by atoms with Crippen molar-refractivity contribution >= 4 is 17.9 Å². The second kappa shape index (κ2) is 17.2.